The predicted octanol–water partition coefficient (Wildman–Crippen LogP) is 6.02. The third kappa shape index (κ3) is 3.28. The van der Waals surface area contributed by atoms with Crippen molar-refractivity contribution in [1.82, 2.24) is 0 Å². The maximum absolute atomic E-state index is 13.5. The van der Waals surface area contributed by atoms with Crippen molar-refractivity contribution in [3.63, 3.8) is 0 Å². The zero-order valence-electron chi connectivity index (χ0n) is 16.3. The lowest BCUT2D eigenvalue weighted by Gasteiger charge is -2.20. The summed E-state index contributed by atoms with van der Waals surface area (Å²) in [4.78, 5) is 27.7. The van der Waals surface area contributed by atoms with Gasteiger partial charge in [-0.2, -0.15) is 0 Å². The van der Waals surface area contributed by atoms with Crippen LogP contribution in [0.1, 0.15) is 12.5 Å². The molecule has 150 valence electrons. The minimum Gasteiger partial charge on any atom is -0.465 e. The molecular formula is C24H17Cl2NO3. The highest BCUT2D eigenvalue weighted by Gasteiger charge is 2.38. The summed E-state index contributed by atoms with van der Waals surface area (Å²) in [6, 6.07) is 18.6. The first-order valence-electron chi connectivity index (χ1n) is 9.21. The van der Waals surface area contributed by atoms with Gasteiger partial charge in [-0.1, -0.05) is 71.7 Å². The van der Waals surface area contributed by atoms with Crippen molar-refractivity contribution in [1.29, 1.82) is 0 Å². The van der Waals surface area contributed by atoms with E-state index in [4.69, 9.17) is 27.9 Å². The number of carbonyl (C=O) groups excluding carboxylic acids is 2. The van der Waals surface area contributed by atoms with Gasteiger partial charge in [0.05, 0.1) is 34.0 Å². The molecule has 0 aromatic heterocycles. The number of benzene rings is 3. The smallest absolute Gasteiger partial charge is 0.340 e. The number of anilines is 1. The number of amides is 1. The standard InChI is InChI=1S/C24H17Cl2NO3/c1-14-21(24(29)30-2)18(13-16-9-5-11-19(25)22(16)26)23(28)27(14)20-12-6-8-15-7-3-4-10-17(15)20/h3-13H,1-2H3. The number of methoxy groups -OCH3 is 1. The van der Waals surface area contributed by atoms with Gasteiger partial charge in [-0.25, -0.2) is 4.79 Å². The fourth-order valence-corrected chi connectivity index (χ4v) is 4.02. The summed E-state index contributed by atoms with van der Waals surface area (Å²) in [6.07, 6.45) is 1.58. The first-order chi connectivity index (χ1) is 14.4. The van der Waals surface area contributed by atoms with E-state index in [0.717, 1.165) is 10.8 Å². The number of fused-ring (bicyclic) bond motifs is 1. The van der Waals surface area contributed by atoms with E-state index < -0.39 is 5.97 Å². The van der Waals surface area contributed by atoms with Crippen LogP contribution in [0, 0.1) is 0 Å². The molecule has 1 aliphatic heterocycles. The minimum absolute atomic E-state index is 0.200. The van der Waals surface area contributed by atoms with Crippen molar-refractivity contribution >= 4 is 57.6 Å². The van der Waals surface area contributed by atoms with Crippen LogP contribution in [0.15, 0.2) is 77.5 Å². The number of esters is 1. The van der Waals surface area contributed by atoms with Gasteiger partial charge in [-0.3, -0.25) is 9.69 Å². The van der Waals surface area contributed by atoms with Crippen LogP contribution in [0.2, 0.25) is 10.0 Å². The zero-order chi connectivity index (χ0) is 21.4. The van der Waals surface area contributed by atoms with Gasteiger partial charge in [0.1, 0.15) is 0 Å². The van der Waals surface area contributed by atoms with Gasteiger partial charge < -0.3 is 4.74 Å². The van der Waals surface area contributed by atoms with Gasteiger partial charge in [0.25, 0.3) is 5.91 Å². The summed E-state index contributed by atoms with van der Waals surface area (Å²) in [7, 11) is 1.29. The number of ether oxygens (including phenoxy) is 1. The Morgan fingerprint density at radius 3 is 2.47 bits per heavy atom. The maximum atomic E-state index is 13.5. The van der Waals surface area contributed by atoms with Gasteiger partial charge in [-0.15, -0.1) is 0 Å². The number of rotatable bonds is 3. The molecule has 0 fully saturated rings. The van der Waals surface area contributed by atoms with Crippen molar-refractivity contribution in [2.24, 2.45) is 0 Å². The van der Waals surface area contributed by atoms with Crippen molar-refractivity contribution in [3.8, 4) is 0 Å². The Balaban J connectivity index is 1.94. The summed E-state index contributed by atoms with van der Waals surface area (Å²) in [5.41, 5.74) is 2.13. The van der Waals surface area contributed by atoms with Crippen LogP contribution in [0.3, 0.4) is 0 Å². The zero-order valence-corrected chi connectivity index (χ0v) is 17.8. The summed E-state index contributed by atoms with van der Waals surface area (Å²) < 4.78 is 4.97. The van der Waals surface area contributed by atoms with Crippen LogP contribution in [-0.4, -0.2) is 19.0 Å². The summed E-state index contributed by atoms with van der Waals surface area (Å²) in [5, 5.41) is 2.57. The molecule has 0 atom stereocenters. The van der Waals surface area contributed by atoms with Crippen molar-refractivity contribution < 1.29 is 14.3 Å². The molecule has 0 unspecified atom stereocenters. The van der Waals surface area contributed by atoms with Crippen LogP contribution in [0.4, 0.5) is 5.69 Å². The molecule has 0 aliphatic carbocycles. The highest BCUT2D eigenvalue weighted by atomic mass is 35.5. The number of carbonyl (C=O) groups is 2. The molecule has 0 spiro atoms. The fraction of sp³-hybridized carbons (Fsp3) is 0.0833. The quantitative estimate of drug-likeness (QED) is 0.371. The Morgan fingerprint density at radius 2 is 1.70 bits per heavy atom. The lowest BCUT2D eigenvalue weighted by molar-refractivity contribution is -0.136. The second-order valence-electron chi connectivity index (χ2n) is 6.79. The van der Waals surface area contributed by atoms with E-state index in [9.17, 15) is 9.59 Å². The third-order valence-electron chi connectivity index (χ3n) is 5.08. The van der Waals surface area contributed by atoms with Crippen LogP contribution < -0.4 is 4.90 Å². The van der Waals surface area contributed by atoms with Gasteiger partial charge in [0, 0.05) is 11.1 Å². The third-order valence-corrected chi connectivity index (χ3v) is 5.91. The largest absolute Gasteiger partial charge is 0.465 e. The highest BCUT2D eigenvalue weighted by molar-refractivity contribution is 6.43. The molecule has 4 rings (SSSR count). The Bertz CT molecular complexity index is 1260. The van der Waals surface area contributed by atoms with Crippen molar-refractivity contribution in [2.45, 2.75) is 6.92 Å². The summed E-state index contributed by atoms with van der Waals surface area (Å²) in [6.45, 7) is 1.73. The van der Waals surface area contributed by atoms with Crippen LogP contribution >= 0.6 is 23.2 Å². The molecule has 3 aromatic rings. The van der Waals surface area contributed by atoms with Gasteiger partial charge >= 0.3 is 5.97 Å². The first-order valence-corrected chi connectivity index (χ1v) is 9.97. The Labute approximate surface area is 184 Å². The molecule has 4 nitrogen and oxygen atoms in total. The molecule has 1 heterocycles. The summed E-state index contributed by atoms with van der Waals surface area (Å²) >= 11 is 12.4. The maximum Gasteiger partial charge on any atom is 0.340 e. The van der Waals surface area contributed by atoms with Gasteiger partial charge in [0.2, 0.25) is 0 Å². The number of hydrogen-bond donors (Lipinski definition) is 0. The van der Waals surface area contributed by atoms with E-state index in [1.54, 1.807) is 36.1 Å². The SMILES string of the molecule is COC(=O)C1=C(C)N(c2cccc3ccccc23)C(=O)C1=Cc1cccc(Cl)c1Cl. The molecule has 0 radical (unpaired) electrons. The van der Waals surface area contributed by atoms with Crippen LogP contribution in [0.5, 0.6) is 0 Å². The molecule has 30 heavy (non-hydrogen) atoms. The normalized spacial score (nSPS) is 15.4. The van der Waals surface area contributed by atoms with E-state index in [1.807, 2.05) is 42.5 Å². The van der Waals surface area contributed by atoms with Gasteiger partial charge in [0.15, 0.2) is 0 Å². The second-order valence-corrected chi connectivity index (χ2v) is 7.58. The predicted molar refractivity (Wildman–Crippen MR) is 121 cm³/mol. The second kappa shape index (κ2) is 7.98. The highest BCUT2D eigenvalue weighted by Crippen LogP contribution is 2.39. The molecule has 0 saturated heterocycles. The van der Waals surface area contributed by atoms with E-state index in [1.165, 1.54) is 7.11 Å². The van der Waals surface area contributed by atoms with Crippen molar-refractivity contribution in [3.05, 3.63) is 93.1 Å². The Hall–Kier alpha value is -3.08. The molecule has 6 heteroatoms. The minimum atomic E-state index is -0.590. The van der Waals surface area contributed by atoms with Crippen molar-refractivity contribution in [2.75, 3.05) is 12.0 Å². The molecule has 0 saturated carbocycles. The lowest BCUT2D eigenvalue weighted by Crippen LogP contribution is -2.24. The lowest BCUT2D eigenvalue weighted by atomic mass is 10.0. The number of halogens is 2. The van der Waals surface area contributed by atoms with Crippen LogP contribution in [-0.2, 0) is 14.3 Å². The average molecular weight is 438 g/mol. The molecule has 1 amide bonds. The van der Waals surface area contributed by atoms with E-state index in [0.29, 0.717) is 27.0 Å². The molecular weight excluding hydrogens is 421 g/mol. The van der Waals surface area contributed by atoms with E-state index in [-0.39, 0.29) is 17.1 Å². The number of nitrogens with zero attached hydrogens (tertiary/aromatic N) is 1. The average Bonchev–Trinajstić information content (AvgIpc) is 3.00. The molecule has 3 aromatic carbocycles. The molecule has 0 bridgehead atoms. The Kier molecular flexibility index (Phi) is 5.37. The number of hydrogen-bond acceptors (Lipinski definition) is 3. The number of allylic oxidation sites excluding steroid dienone is 1. The van der Waals surface area contributed by atoms with E-state index >= 15 is 0 Å². The van der Waals surface area contributed by atoms with E-state index in [2.05, 4.69) is 0 Å². The van der Waals surface area contributed by atoms with Gasteiger partial charge in [-0.05, 0) is 36.1 Å². The molecule has 0 N–H and O–H groups in total. The summed E-state index contributed by atoms with van der Waals surface area (Å²) in [5.74, 6) is -0.923. The Morgan fingerprint density at radius 1 is 1.00 bits per heavy atom. The fourth-order valence-electron chi connectivity index (χ4n) is 3.66. The monoisotopic (exact) mass is 437 g/mol. The topological polar surface area (TPSA) is 46.6 Å². The van der Waals surface area contributed by atoms with Crippen LogP contribution in [0.25, 0.3) is 16.8 Å². The molecule has 1 aliphatic rings. The first kappa shape index (κ1) is 20.2.